The van der Waals surface area contributed by atoms with Gasteiger partial charge in [-0.25, -0.2) is 9.37 Å². The SMILES string of the molecule is CCOC(=O)C1CCN(C(=NC)NCc2ccc(-n3ccnc3)c(F)c2)CC1.I. The smallest absolute Gasteiger partial charge is 0.309 e. The molecule has 1 aromatic heterocycles. The van der Waals surface area contributed by atoms with E-state index in [9.17, 15) is 9.18 Å². The predicted molar refractivity (Wildman–Crippen MR) is 120 cm³/mol. The minimum absolute atomic E-state index is 0. The van der Waals surface area contributed by atoms with Gasteiger partial charge in [-0.15, -0.1) is 24.0 Å². The van der Waals surface area contributed by atoms with Crippen molar-refractivity contribution in [3.8, 4) is 5.69 Å². The zero-order valence-corrected chi connectivity index (χ0v) is 19.0. The van der Waals surface area contributed by atoms with Crippen LogP contribution >= 0.6 is 24.0 Å². The second-order valence-corrected chi connectivity index (χ2v) is 6.67. The van der Waals surface area contributed by atoms with Gasteiger partial charge in [-0.2, -0.15) is 0 Å². The maximum atomic E-state index is 14.4. The standard InChI is InChI=1S/C20H26FN5O2.HI/c1-3-28-19(27)16-6-9-25(10-7-16)20(22-2)24-13-15-4-5-18(17(21)12-15)26-11-8-23-14-26;/h4-5,8,11-12,14,16H,3,6-7,9-10,13H2,1-2H3,(H,22,24);1H. The molecule has 0 spiro atoms. The number of ether oxygens (including phenoxy) is 1. The molecule has 0 unspecified atom stereocenters. The van der Waals surface area contributed by atoms with Crippen LogP contribution in [0, 0.1) is 11.7 Å². The maximum Gasteiger partial charge on any atom is 0.309 e. The summed E-state index contributed by atoms with van der Waals surface area (Å²) in [4.78, 5) is 22.3. The number of aliphatic imine (C=N–C) groups is 1. The zero-order valence-electron chi connectivity index (χ0n) is 16.7. The third-order valence-electron chi connectivity index (χ3n) is 4.87. The first-order chi connectivity index (χ1) is 13.6. The molecule has 1 aliphatic rings. The molecule has 1 N–H and O–H groups in total. The molecule has 0 atom stereocenters. The highest BCUT2D eigenvalue weighted by Gasteiger charge is 2.27. The topological polar surface area (TPSA) is 71.8 Å². The number of hydrogen-bond donors (Lipinski definition) is 1. The molecule has 2 heterocycles. The van der Waals surface area contributed by atoms with Crippen molar-refractivity contribution in [3.05, 3.63) is 48.3 Å². The number of benzene rings is 1. The molecule has 0 bridgehead atoms. The summed E-state index contributed by atoms with van der Waals surface area (Å²) >= 11 is 0. The van der Waals surface area contributed by atoms with Gasteiger partial charge in [0, 0.05) is 39.1 Å². The van der Waals surface area contributed by atoms with Crippen LogP contribution in [0.1, 0.15) is 25.3 Å². The van der Waals surface area contributed by atoms with Crippen LogP contribution in [0.4, 0.5) is 4.39 Å². The number of carbonyl (C=O) groups is 1. The summed E-state index contributed by atoms with van der Waals surface area (Å²) in [7, 11) is 1.72. The number of likely N-dealkylation sites (tertiary alicyclic amines) is 1. The van der Waals surface area contributed by atoms with Crippen molar-refractivity contribution in [3.63, 3.8) is 0 Å². The lowest BCUT2D eigenvalue weighted by molar-refractivity contribution is -0.149. The van der Waals surface area contributed by atoms with Crippen LogP contribution in [0.3, 0.4) is 0 Å². The first kappa shape index (κ1) is 23.1. The highest BCUT2D eigenvalue weighted by atomic mass is 127. The minimum atomic E-state index is -0.303. The number of piperidine rings is 1. The summed E-state index contributed by atoms with van der Waals surface area (Å²) in [6.07, 6.45) is 6.38. The fourth-order valence-corrected chi connectivity index (χ4v) is 3.37. The first-order valence-electron chi connectivity index (χ1n) is 9.51. The van der Waals surface area contributed by atoms with E-state index in [1.807, 2.05) is 13.0 Å². The Labute approximate surface area is 187 Å². The van der Waals surface area contributed by atoms with Crippen LogP contribution in [0.15, 0.2) is 41.9 Å². The van der Waals surface area contributed by atoms with Crippen LogP contribution < -0.4 is 5.32 Å². The van der Waals surface area contributed by atoms with E-state index < -0.39 is 0 Å². The summed E-state index contributed by atoms with van der Waals surface area (Å²) < 4.78 is 21.1. The van der Waals surface area contributed by atoms with Crippen molar-refractivity contribution in [1.82, 2.24) is 19.8 Å². The quantitative estimate of drug-likeness (QED) is 0.287. The van der Waals surface area contributed by atoms with Gasteiger partial charge in [-0.05, 0) is 37.5 Å². The Balaban J connectivity index is 0.00000300. The van der Waals surface area contributed by atoms with Gasteiger partial charge in [0.05, 0.1) is 24.5 Å². The number of imidazole rings is 1. The molecule has 1 fully saturated rings. The van der Waals surface area contributed by atoms with E-state index in [-0.39, 0.29) is 41.7 Å². The molecule has 158 valence electrons. The molecule has 2 aromatic rings. The van der Waals surface area contributed by atoms with Gasteiger partial charge in [0.2, 0.25) is 0 Å². The van der Waals surface area contributed by atoms with Gasteiger partial charge in [-0.3, -0.25) is 9.79 Å². The van der Waals surface area contributed by atoms with Gasteiger partial charge < -0.3 is 19.5 Å². The third kappa shape index (κ3) is 5.91. The number of nitrogens with one attached hydrogen (secondary N) is 1. The van der Waals surface area contributed by atoms with Crippen molar-refractivity contribution in [2.45, 2.75) is 26.3 Å². The molecule has 0 aliphatic carbocycles. The minimum Gasteiger partial charge on any atom is -0.466 e. The molecular formula is C20H27FIN5O2. The van der Waals surface area contributed by atoms with Crippen molar-refractivity contribution in [2.75, 3.05) is 26.7 Å². The zero-order chi connectivity index (χ0) is 19.9. The van der Waals surface area contributed by atoms with Gasteiger partial charge in [0.25, 0.3) is 0 Å². The second kappa shape index (κ2) is 11.1. The Bertz CT molecular complexity index is 820. The van der Waals surface area contributed by atoms with Crippen LogP contribution in [-0.4, -0.2) is 53.1 Å². The van der Waals surface area contributed by atoms with Crippen molar-refractivity contribution >= 4 is 35.9 Å². The lowest BCUT2D eigenvalue weighted by Gasteiger charge is -2.33. The summed E-state index contributed by atoms with van der Waals surface area (Å²) in [5.74, 6) is 0.293. The monoisotopic (exact) mass is 515 g/mol. The molecule has 0 amide bonds. The fraction of sp³-hybridized carbons (Fsp3) is 0.450. The molecule has 0 saturated carbocycles. The average molecular weight is 515 g/mol. The molecule has 0 radical (unpaired) electrons. The number of guanidine groups is 1. The average Bonchev–Trinajstić information content (AvgIpc) is 3.24. The highest BCUT2D eigenvalue weighted by Crippen LogP contribution is 2.19. The molecule has 1 aromatic carbocycles. The largest absolute Gasteiger partial charge is 0.466 e. The molecule has 9 heteroatoms. The maximum absolute atomic E-state index is 14.4. The lowest BCUT2D eigenvalue weighted by Crippen LogP contribution is -2.46. The van der Waals surface area contributed by atoms with Gasteiger partial charge in [0.1, 0.15) is 5.82 Å². The number of carbonyl (C=O) groups excluding carboxylic acids is 1. The Morgan fingerprint density at radius 3 is 2.72 bits per heavy atom. The lowest BCUT2D eigenvalue weighted by atomic mass is 9.97. The highest BCUT2D eigenvalue weighted by molar-refractivity contribution is 14.0. The molecular weight excluding hydrogens is 488 g/mol. The van der Waals surface area contributed by atoms with E-state index in [1.165, 1.54) is 6.07 Å². The normalized spacial score (nSPS) is 15.0. The number of hydrogen-bond acceptors (Lipinski definition) is 4. The summed E-state index contributed by atoms with van der Waals surface area (Å²) in [6, 6.07) is 5.13. The van der Waals surface area contributed by atoms with Crippen LogP contribution in [0.5, 0.6) is 0 Å². The van der Waals surface area contributed by atoms with Crippen molar-refractivity contribution in [2.24, 2.45) is 10.9 Å². The number of rotatable bonds is 5. The number of halogens is 2. The first-order valence-corrected chi connectivity index (χ1v) is 9.51. The van der Waals surface area contributed by atoms with Crippen molar-refractivity contribution < 1.29 is 13.9 Å². The van der Waals surface area contributed by atoms with E-state index in [1.54, 1.807) is 36.4 Å². The van der Waals surface area contributed by atoms with Crippen LogP contribution in [0.2, 0.25) is 0 Å². The van der Waals surface area contributed by atoms with Crippen LogP contribution in [-0.2, 0) is 16.1 Å². The number of nitrogens with zero attached hydrogens (tertiary/aromatic N) is 4. The van der Waals surface area contributed by atoms with Crippen molar-refractivity contribution in [1.29, 1.82) is 0 Å². The van der Waals surface area contributed by atoms with Gasteiger partial charge in [-0.1, -0.05) is 6.07 Å². The van der Waals surface area contributed by atoms with Crippen LogP contribution in [0.25, 0.3) is 5.69 Å². The molecule has 29 heavy (non-hydrogen) atoms. The van der Waals surface area contributed by atoms with E-state index in [4.69, 9.17) is 4.74 Å². The predicted octanol–water partition coefficient (Wildman–Crippen LogP) is 2.98. The van der Waals surface area contributed by atoms with E-state index in [2.05, 4.69) is 20.2 Å². The van der Waals surface area contributed by atoms with E-state index >= 15 is 0 Å². The Hall–Kier alpha value is -2.17. The number of esters is 1. The van der Waals surface area contributed by atoms with Gasteiger partial charge in [0.15, 0.2) is 5.96 Å². The summed E-state index contributed by atoms with van der Waals surface area (Å²) in [6.45, 7) is 4.17. The third-order valence-corrected chi connectivity index (χ3v) is 4.87. The summed E-state index contributed by atoms with van der Waals surface area (Å²) in [5, 5.41) is 3.28. The fourth-order valence-electron chi connectivity index (χ4n) is 3.37. The Morgan fingerprint density at radius 1 is 1.38 bits per heavy atom. The molecule has 1 saturated heterocycles. The Kier molecular flexibility index (Phi) is 8.87. The summed E-state index contributed by atoms with van der Waals surface area (Å²) in [5.41, 5.74) is 1.29. The second-order valence-electron chi connectivity index (χ2n) is 6.67. The molecule has 3 rings (SSSR count). The molecule has 7 nitrogen and oxygen atoms in total. The van der Waals surface area contributed by atoms with E-state index in [0.717, 1.165) is 37.5 Å². The number of aromatic nitrogens is 2. The molecule has 1 aliphatic heterocycles. The van der Waals surface area contributed by atoms with E-state index in [0.29, 0.717) is 18.8 Å². The van der Waals surface area contributed by atoms with Gasteiger partial charge >= 0.3 is 5.97 Å². The Morgan fingerprint density at radius 2 is 2.14 bits per heavy atom.